The molecule has 0 radical (unpaired) electrons. The van der Waals surface area contributed by atoms with E-state index in [4.69, 9.17) is 5.26 Å². The van der Waals surface area contributed by atoms with Crippen molar-refractivity contribution in [2.75, 3.05) is 0 Å². The highest BCUT2D eigenvalue weighted by atomic mass is 14.4. The molecule has 0 aromatic heterocycles. The first-order valence-electron chi connectivity index (χ1n) is 4.06. The Morgan fingerprint density at radius 3 is 2.91 bits per heavy atom. The Labute approximate surface area is 67.0 Å². The zero-order chi connectivity index (χ0) is 7.90. The highest BCUT2D eigenvalue weighted by Gasteiger charge is 2.34. The normalized spacial score (nSPS) is 40.0. The van der Waals surface area contributed by atoms with Crippen LogP contribution in [0.25, 0.3) is 0 Å². The highest BCUT2D eigenvalue weighted by Crippen LogP contribution is 2.44. The molecular formula is C10H11N. The van der Waals surface area contributed by atoms with Crippen LogP contribution in [0.1, 0.15) is 19.8 Å². The molecule has 3 aliphatic rings. The molecule has 0 aromatic rings. The van der Waals surface area contributed by atoms with E-state index >= 15 is 0 Å². The maximum absolute atomic E-state index is 8.83. The molecular weight excluding hydrogens is 134 g/mol. The fourth-order valence-electron chi connectivity index (χ4n) is 1.91. The molecule has 0 aliphatic heterocycles. The Kier molecular flexibility index (Phi) is 1.20. The fourth-order valence-corrected chi connectivity index (χ4v) is 1.91. The first kappa shape index (κ1) is 6.67. The van der Waals surface area contributed by atoms with Gasteiger partial charge in [-0.1, -0.05) is 25.2 Å². The molecule has 0 aromatic carbocycles. The molecule has 0 fully saturated rings. The van der Waals surface area contributed by atoms with E-state index in [1.807, 2.05) is 0 Å². The molecule has 0 amide bonds. The summed E-state index contributed by atoms with van der Waals surface area (Å²) in [5.74, 6) is 0.548. The van der Waals surface area contributed by atoms with Crippen LogP contribution in [0.5, 0.6) is 0 Å². The van der Waals surface area contributed by atoms with E-state index in [0.717, 1.165) is 12.0 Å². The quantitative estimate of drug-likeness (QED) is 0.480. The first-order chi connectivity index (χ1) is 5.24. The van der Waals surface area contributed by atoms with Crippen molar-refractivity contribution in [3.63, 3.8) is 0 Å². The van der Waals surface area contributed by atoms with E-state index in [0.29, 0.717) is 5.92 Å². The van der Waals surface area contributed by atoms with Crippen molar-refractivity contribution >= 4 is 0 Å². The lowest BCUT2D eigenvalue weighted by Gasteiger charge is -2.36. The highest BCUT2D eigenvalue weighted by molar-refractivity contribution is 5.40. The third-order valence-electron chi connectivity index (χ3n) is 2.82. The summed E-state index contributed by atoms with van der Waals surface area (Å²) in [6.45, 7) is 2.15. The number of hydrogen-bond donors (Lipinski definition) is 0. The molecule has 3 rings (SSSR count). The van der Waals surface area contributed by atoms with E-state index in [1.54, 1.807) is 0 Å². The average molecular weight is 145 g/mol. The molecule has 3 aliphatic carbocycles. The monoisotopic (exact) mass is 145 g/mol. The summed E-state index contributed by atoms with van der Waals surface area (Å²) in [7, 11) is 0. The third-order valence-corrected chi connectivity index (χ3v) is 2.82. The van der Waals surface area contributed by atoms with Gasteiger partial charge in [-0.3, -0.25) is 0 Å². The van der Waals surface area contributed by atoms with Gasteiger partial charge in [-0.25, -0.2) is 0 Å². The lowest BCUT2D eigenvalue weighted by atomic mass is 9.67. The van der Waals surface area contributed by atoms with Crippen molar-refractivity contribution in [3.05, 3.63) is 23.8 Å². The van der Waals surface area contributed by atoms with Gasteiger partial charge in [0.1, 0.15) is 0 Å². The first-order valence-corrected chi connectivity index (χ1v) is 4.06. The Balaban J connectivity index is 2.46. The summed E-state index contributed by atoms with van der Waals surface area (Å²) in [4.78, 5) is 0. The summed E-state index contributed by atoms with van der Waals surface area (Å²) in [5.41, 5.74) is 1.04. The van der Waals surface area contributed by atoms with Gasteiger partial charge in [-0.05, 0) is 18.8 Å². The third kappa shape index (κ3) is 0.826. The summed E-state index contributed by atoms with van der Waals surface area (Å²) in [6, 6.07) is 2.29. The lowest BCUT2D eigenvalue weighted by Crippen LogP contribution is -2.26. The minimum absolute atomic E-state index is 0.0729. The van der Waals surface area contributed by atoms with Crippen LogP contribution in [0.4, 0.5) is 0 Å². The van der Waals surface area contributed by atoms with Gasteiger partial charge in [0.25, 0.3) is 0 Å². The van der Waals surface area contributed by atoms with E-state index in [-0.39, 0.29) is 5.41 Å². The second kappa shape index (κ2) is 1.98. The smallest absolute Gasteiger partial charge is 0.0953 e. The number of nitriles is 1. The SMILES string of the molecule is CC12C=CC(C=C1C#N)CC2. The molecule has 56 valence electrons. The van der Waals surface area contributed by atoms with Crippen molar-refractivity contribution in [2.24, 2.45) is 11.3 Å². The van der Waals surface area contributed by atoms with Crippen molar-refractivity contribution in [1.82, 2.24) is 0 Å². The zero-order valence-electron chi connectivity index (χ0n) is 6.67. The minimum Gasteiger partial charge on any atom is -0.193 e. The van der Waals surface area contributed by atoms with E-state index in [2.05, 4.69) is 31.2 Å². The summed E-state index contributed by atoms with van der Waals surface area (Å²) in [5, 5.41) is 8.83. The number of fused-ring (bicyclic) bond motifs is 1. The predicted molar refractivity (Wildman–Crippen MR) is 43.7 cm³/mol. The van der Waals surface area contributed by atoms with Gasteiger partial charge in [0.05, 0.1) is 6.07 Å². The molecule has 2 bridgehead atoms. The maximum atomic E-state index is 8.83. The van der Waals surface area contributed by atoms with E-state index in [9.17, 15) is 0 Å². The Morgan fingerprint density at radius 1 is 1.73 bits per heavy atom. The molecule has 11 heavy (non-hydrogen) atoms. The van der Waals surface area contributed by atoms with Crippen molar-refractivity contribution < 1.29 is 0 Å². The largest absolute Gasteiger partial charge is 0.193 e. The molecule has 0 N–H and O–H groups in total. The number of rotatable bonds is 0. The predicted octanol–water partition coefficient (Wildman–Crippen LogP) is 2.42. The van der Waals surface area contributed by atoms with Crippen LogP contribution in [0.3, 0.4) is 0 Å². The standard InChI is InChI=1S/C10H11N/c1-10-4-2-8(3-5-10)6-9(10)7-11/h2,4,6,8H,3,5H2,1H3. The molecule has 0 saturated carbocycles. The summed E-state index contributed by atoms with van der Waals surface area (Å²) >= 11 is 0. The van der Waals surface area contributed by atoms with Crippen molar-refractivity contribution in [3.8, 4) is 6.07 Å². The van der Waals surface area contributed by atoms with E-state index < -0.39 is 0 Å². The van der Waals surface area contributed by atoms with Crippen LogP contribution in [-0.2, 0) is 0 Å². The Morgan fingerprint density at radius 2 is 2.55 bits per heavy atom. The number of allylic oxidation sites excluding steroid dienone is 4. The topological polar surface area (TPSA) is 23.8 Å². The van der Waals surface area contributed by atoms with Gasteiger partial charge in [0.15, 0.2) is 0 Å². The molecule has 1 nitrogen and oxygen atoms in total. The molecule has 1 heteroatoms. The number of hydrogen-bond acceptors (Lipinski definition) is 1. The maximum Gasteiger partial charge on any atom is 0.0953 e. The minimum atomic E-state index is 0.0729. The van der Waals surface area contributed by atoms with Gasteiger partial charge in [0, 0.05) is 11.0 Å². The fraction of sp³-hybridized carbons (Fsp3) is 0.500. The molecule has 0 heterocycles. The average Bonchev–Trinajstić information content (AvgIpc) is 2.05. The van der Waals surface area contributed by atoms with Crippen LogP contribution in [0.15, 0.2) is 23.8 Å². The van der Waals surface area contributed by atoms with Crippen LogP contribution >= 0.6 is 0 Å². The van der Waals surface area contributed by atoms with Crippen molar-refractivity contribution in [1.29, 1.82) is 5.26 Å². The second-order valence-corrected chi connectivity index (χ2v) is 3.67. The van der Waals surface area contributed by atoms with Gasteiger partial charge in [0.2, 0.25) is 0 Å². The van der Waals surface area contributed by atoms with Gasteiger partial charge in [-0.15, -0.1) is 0 Å². The van der Waals surface area contributed by atoms with Gasteiger partial charge >= 0.3 is 0 Å². The summed E-state index contributed by atoms with van der Waals surface area (Å²) < 4.78 is 0. The van der Waals surface area contributed by atoms with Crippen molar-refractivity contribution in [2.45, 2.75) is 19.8 Å². The second-order valence-electron chi connectivity index (χ2n) is 3.67. The van der Waals surface area contributed by atoms with E-state index in [1.165, 1.54) is 6.42 Å². The van der Waals surface area contributed by atoms with Crippen LogP contribution in [0, 0.1) is 22.7 Å². The van der Waals surface area contributed by atoms with Gasteiger partial charge < -0.3 is 0 Å². The van der Waals surface area contributed by atoms with Crippen LogP contribution < -0.4 is 0 Å². The molecule has 2 unspecified atom stereocenters. The lowest BCUT2D eigenvalue weighted by molar-refractivity contribution is 0.384. The molecule has 2 atom stereocenters. The van der Waals surface area contributed by atoms with Crippen LogP contribution in [-0.4, -0.2) is 0 Å². The van der Waals surface area contributed by atoms with Crippen LogP contribution in [0.2, 0.25) is 0 Å². The zero-order valence-corrected chi connectivity index (χ0v) is 6.67. The number of nitrogens with zero attached hydrogens (tertiary/aromatic N) is 1. The Hall–Kier alpha value is -1.03. The Bertz CT molecular complexity index is 280. The molecule has 0 spiro atoms. The molecule has 0 saturated heterocycles. The summed E-state index contributed by atoms with van der Waals surface area (Å²) in [6.07, 6.45) is 8.90. The van der Waals surface area contributed by atoms with Gasteiger partial charge in [-0.2, -0.15) is 5.26 Å².